The summed E-state index contributed by atoms with van der Waals surface area (Å²) in [5.41, 5.74) is 0.0638. The first kappa shape index (κ1) is 12.7. The van der Waals surface area contributed by atoms with Crippen molar-refractivity contribution in [3.63, 3.8) is 0 Å². The van der Waals surface area contributed by atoms with Gasteiger partial charge in [-0.1, -0.05) is 11.8 Å². The maximum atomic E-state index is 10.9. The molecular formula is C9H13N3O3S. The maximum Gasteiger partial charge on any atom is 0.341 e. The molecule has 0 aliphatic heterocycles. The number of nitrogens with zero attached hydrogens (tertiary/aromatic N) is 2. The number of aromatic carboxylic acids is 1. The van der Waals surface area contributed by atoms with E-state index >= 15 is 0 Å². The number of hydrogen-bond acceptors (Lipinski definition) is 6. The van der Waals surface area contributed by atoms with Gasteiger partial charge in [0, 0.05) is 19.9 Å². The van der Waals surface area contributed by atoms with E-state index in [0.717, 1.165) is 0 Å². The number of hydrogen-bond donors (Lipinski definition) is 2. The monoisotopic (exact) mass is 243 g/mol. The number of anilines is 1. The molecule has 0 amide bonds. The first-order valence-corrected chi connectivity index (χ1v) is 5.78. The van der Waals surface area contributed by atoms with Crippen molar-refractivity contribution in [2.75, 3.05) is 31.8 Å². The second kappa shape index (κ2) is 6.29. The lowest BCUT2D eigenvalue weighted by molar-refractivity contribution is 0.0697. The van der Waals surface area contributed by atoms with Crippen molar-refractivity contribution < 1.29 is 14.6 Å². The van der Waals surface area contributed by atoms with E-state index in [4.69, 9.17) is 9.84 Å². The molecule has 16 heavy (non-hydrogen) atoms. The molecule has 0 bridgehead atoms. The number of carboxylic acid groups (broad SMARTS) is 1. The van der Waals surface area contributed by atoms with Crippen LogP contribution >= 0.6 is 11.8 Å². The van der Waals surface area contributed by atoms with Crippen LogP contribution in [-0.2, 0) is 4.74 Å². The van der Waals surface area contributed by atoms with Gasteiger partial charge < -0.3 is 15.2 Å². The molecular weight excluding hydrogens is 230 g/mol. The lowest BCUT2D eigenvalue weighted by Gasteiger charge is -2.08. The van der Waals surface area contributed by atoms with Gasteiger partial charge >= 0.3 is 5.97 Å². The number of aromatic nitrogens is 2. The Bertz CT molecular complexity index is 373. The molecule has 6 nitrogen and oxygen atoms in total. The van der Waals surface area contributed by atoms with E-state index in [-0.39, 0.29) is 5.56 Å². The third-order valence-electron chi connectivity index (χ3n) is 1.78. The van der Waals surface area contributed by atoms with Crippen molar-refractivity contribution in [2.45, 2.75) is 5.16 Å². The van der Waals surface area contributed by atoms with Crippen molar-refractivity contribution in [2.24, 2.45) is 0 Å². The average Bonchev–Trinajstić information content (AvgIpc) is 2.29. The number of ether oxygens (including phenoxy) is 1. The number of nitrogens with one attached hydrogen (secondary N) is 1. The zero-order valence-corrected chi connectivity index (χ0v) is 9.87. The van der Waals surface area contributed by atoms with E-state index in [1.807, 2.05) is 6.26 Å². The summed E-state index contributed by atoms with van der Waals surface area (Å²) in [4.78, 5) is 18.9. The quantitative estimate of drug-likeness (QED) is 0.437. The lowest BCUT2D eigenvalue weighted by Crippen LogP contribution is -2.13. The molecule has 0 aliphatic carbocycles. The van der Waals surface area contributed by atoms with Crippen LogP contribution in [0.1, 0.15) is 10.4 Å². The number of rotatable bonds is 6. The molecule has 0 fully saturated rings. The van der Waals surface area contributed by atoms with Crippen LogP contribution in [0.25, 0.3) is 0 Å². The fraction of sp³-hybridized carbons (Fsp3) is 0.444. The molecule has 88 valence electrons. The average molecular weight is 243 g/mol. The summed E-state index contributed by atoms with van der Waals surface area (Å²) >= 11 is 1.36. The van der Waals surface area contributed by atoms with Crippen LogP contribution in [0.5, 0.6) is 0 Å². The minimum Gasteiger partial charge on any atom is -0.477 e. The van der Waals surface area contributed by atoms with E-state index in [9.17, 15) is 4.79 Å². The van der Waals surface area contributed by atoms with Crippen LogP contribution in [0.15, 0.2) is 11.4 Å². The third-order valence-corrected chi connectivity index (χ3v) is 2.34. The highest BCUT2D eigenvalue weighted by Gasteiger charge is 2.12. The maximum absolute atomic E-state index is 10.9. The van der Waals surface area contributed by atoms with Crippen molar-refractivity contribution in [1.29, 1.82) is 0 Å². The molecule has 1 aromatic rings. The summed E-state index contributed by atoms with van der Waals surface area (Å²) < 4.78 is 4.86. The van der Waals surface area contributed by atoms with E-state index in [1.165, 1.54) is 18.0 Å². The van der Waals surface area contributed by atoms with Gasteiger partial charge in [-0.25, -0.2) is 14.8 Å². The molecule has 0 unspecified atom stereocenters. The summed E-state index contributed by atoms with van der Waals surface area (Å²) in [6.07, 6.45) is 3.13. The first-order chi connectivity index (χ1) is 7.69. The summed E-state index contributed by atoms with van der Waals surface area (Å²) in [5, 5.41) is 12.4. The third kappa shape index (κ3) is 3.35. The summed E-state index contributed by atoms with van der Waals surface area (Å²) in [7, 11) is 1.58. The zero-order chi connectivity index (χ0) is 12.0. The van der Waals surface area contributed by atoms with Crippen molar-refractivity contribution in [3.05, 3.63) is 11.8 Å². The smallest absolute Gasteiger partial charge is 0.341 e. The van der Waals surface area contributed by atoms with Gasteiger partial charge in [0.25, 0.3) is 0 Å². The predicted octanol–water partition coefficient (Wildman–Crippen LogP) is 0.955. The van der Waals surface area contributed by atoms with E-state index in [0.29, 0.717) is 24.1 Å². The van der Waals surface area contributed by atoms with Crippen LogP contribution < -0.4 is 5.32 Å². The Hall–Kier alpha value is -1.34. The van der Waals surface area contributed by atoms with E-state index in [1.54, 1.807) is 7.11 Å². The first-order valence-electron chi connectivity index (χ1n) is 4.56. The largest absolute Gasteiger partial charge is 0.477 e. The minimum atomic E-state index is -1.05. The number of methoxy groups -OCH3 is 1. The van der Waals surface area contributed by atoms with Gasteiger partial charge in [-0.2, -0.15) is 0 Å². The molecule has 1 aromatic heterocycles. The van der Waals surface area contributed by atoms with Gasteiger partial charge in [0.1, 0.15) is 11.4 Å². The van der Waals surface area contributed by atoms with Gasteiger partial charge in [-0.05, 0) is 6.26 Å². The van der Waals surface area contributed by atoms with Crippen molar-refractivity contribution in [3.8, 4) is 0 Å². The van der Waals surface area contributed by atoms with Crippen molar-refractivity contribution in [1.82, 2.24) is 9.97 Å². The molecule has 0 aliphatic rings. The topological polar surface area (TPSA) is 84.3 Å². The van der Waals surface area contributed by atoms with E-state index in [2.05, 4.69) is 15.3 Å². The highest BCUT2D eigenvalue weighted by molar-refractivity contribution is 7.98. The Morgan fingerprint density at radius 2 is 2.44 bits per heavy atom. The van der Waals surface area contributed by atoms with Gasteiger partial charge in [-0.15, -0.1) is 0 Å². The normalized spacial score (nSPS) is 10.1. The fourth-order valence-corrected chi connectivity index (χ4v) is 1.37. The van der Waals surface area contributed by atoms with Crippen molar-refractivity contribution >= 4 is 23.5 Å². The minimum absolute atomic E-state index is 0.0638. The standard InChI is InChI=1S/C9H13N3O3S/c1-15-4-3-10-7-6(8(13)14)5-11-9(12-7)16-2/h5H,3-4H2,1-2H3,(H,13,14)(H,10,11,12). The SMILES string of the molecule is COCCNc1nc(SC)ncc1C(=O)O. The van der Waals surface area contributed by atoms with Crippen LogP contribution in [0, 0.1) is 0 Å². The zero-order valence-electron chi connectivity index (χ0n) is 9.06. The fourth-order valence-electron chi connectivity index (χ4n) is 1.03. The molecule has 0 atom stereocenters. The molecule has 0 saturated carbocycles. The van der Waals surface area contributed by atoms with Gasteiger partial charge in [0.2, 0.25) is 0 Å². The molecule has 0 radical (unpaired) electrons. The second-order valence-electron chi connectivity index (χ2n) is 2.84. The van der Waals surface area contributed by atoms with Crippen LogP contribution in [0.3, 0.4) is 0 Å². The molecule has 2 N–H and O–H groups in total. The Labute approximate surface area is 97.4 Å². The lowest BCUT2D eigenvalue weighted by atomic mass is 10.3. The molecule has 0 saturated heterocycles. The number of carbonyl (C=O) groups is 1. The molecule has 0 spiro atoms. The van der Waals surface area contributed by atoms with Gasteiger partial charge in [0.15, 0.2) is 5.16 Å². The van der Waals surface area contributed by atoms with Gasteiger partial charge in [-0.3, -0.25) is 0 Å². The van der Waals surface area contributed by atoms with Crippen LogP contribution in [0.4, 0.5) is 5.82 Å². The predicted molar refractivity (Wildman–Crippen MR) is 61.1 cm³/mol. The van der Waals surface area contributed by atoms with Crippen LogP contribution in [0.2, 0.25) is 0 Å². The van der Waals surface area contributed by atoms with Crippen LogP contribution in [-0.4, -0.2) is 47.6 Å². The Kier molecular flexibility index (Phi) is 5.00. The summed E-state index contributed by atoms with van der Waals surface area (Å²) in [5.74, 6) is -0.725. The summed E-state index contributed by atoms with van der Waals surface area (Å²) in [6.45, 7) is 0.985. The second-order valence-corrected chi connectivity index (χ2v) is 3.62. The molecule has 1 heterocycles. The van der Waals surface area contributed by atoms with Gasteiger partial charge in [0.05, 0.1) is 6.61 Å². The highest BCUT2D eigenvalue weighted by atomic mass is 32.2. The Balaban J connectivity index is 2.87. The van der Waals surface area contributed by atoms with E-state index < -0.39 is 5.97 Å². The summed E-state index contributed by atoms with van der Waals surface area (Å²) in [6, 6.07) is 0. The Morgan fingerprint density at radius 3 is 3.00 bits per heavy atom. The number of carboxylic acids is 1. The molecule has 0 aromatic carbocycles. The Morgan fingerprint density at radius 1 is 1.69 bits per heavy atom. The molecule has 7 heteroatoms. The number of thioether (sulfide) groups is 1. The molecule has 1 rings (SSSR count). The highest BCUT2D eigenvalue weighted by Crippen LogP contribution is 2.16.